The van der Waals surface area contributed by atoms with Crippen molar-refractivity contribution in [2.45, 2.75) is 45.1 Å². The van der Waals surface area contributed by atoms with Crippen molar-refractivity contribution in [1.82, 2.24) is 10.3 Å². The molecule has 0 bridgehead atoms. The lowest BCUT2D eigenvalue weighted by atomic mass is 9.77. The fraction of sp³-hybridized carbons (Fsp3) is 0.562. The van der Waals surface area contributed by atoms with Gasteiger partial charge in [-0.1, -0.05) is 6.92 Å². The lowest BCUT2D eigenvalue weighted by Crippen LogP contribution is -2.56. The number of carboxylic acid groups (broad SMARTS) is 1. The second-order valence-electron chi connectivity index (χ2n) is 6.03. The molecule has 6 heteroatoms. The molecule has 1 saturated carbocycles. The maximum absolute atomic E-state index is 12.5. The van der Waals surface area contributed by atoms with Crippen molar-refractivity contribution in [3.05, 3.63) is 23.4 Å². The van der Waals surface area contributed by atoms with Crippen LogP contribution in [-0.4, -0.2) is 34.6 Å². The second kappa shape index (κ2) is 6.34. The van der Waals surface area contributed by atoms with Crippen LogP contribution in [0, 0.1) is 12.8 Å². The standard InChI is InChI=1S/C16H22N2O4/c1-10-6-8-16(9-7-10,15(20)21)18-13(19)12-5-4-11(2)17-14(12)22-3/h4-5,10H,6-9H2,1-3H3,(H,18,19)(H,20,21). The van der Waals surface area contributed by atoms with Gasteiger partial charge in [0.1, 0.15) is 11.1 Å². The summed E-state index contributed by atoms with van der Waals surface area (Å²) >= 11 is 0. The van der Waals surface area contributed by atoms with Crippen molar-refractivity contribution in [3.63, 3.8) is 0 Å². The first kappa shape index (κ1) is 16.3. The Morgan fingerprint density at radius 3 is 2.55 bits per heavy atom. The van der Waals surface area contributed by atoms with Crippen LogP contribution in [0.2, 0.25) is 0 Å². The summed E-state index contributed by atoms with van der Waals surface area (Å²) in [5.41, 5.74) is -0.209. The number of aliphatic carboxylic acids is 1. The number of amides is 1. The van der Waals surface area contributed by atoms with E-state index >= 15 is 0 Å². The van der Waals surface area contributed by atoms with Gasteiger partial charge >= 0.3 is 5.97 Å². The SMILES string of the molecule is COc1nc(C)ccc1C(=O)NC1(C(=O)O)CCC(C)CC1. The van der Waals surface area contributed by atoms with Crippen LogP contribution in [-0.2, 0) is 4.79 Å². The number of nitrogens with zero attached hydrogens (tertiary/aromatic N) is 1. The zero-order chi connectivity index (χ0) is 16.3. The summed E-state index contributed by atoms with van der Waals surface area (Å²) < 4.78 is 5.13. The second-order valence-corrected chi connectivity index (χ2v) is 6.03. The lowest BCUT2D eigenvalue weighted by Gasteiger charge is -2.36. The van der Waals surface area contributed by atoms with Gasteiger partial charge in [-0.05, 0) is 50.7 Å². The van der Waals surface area contributed by atoms with Gasteiger partial charge in [-0.3, -0.25) is 4.79 Å². The predicted molar refractivity (Wildman–Crippen MR) is 81.0 cm³/mol. The minimum Gasteiger partial charge on any atom is -0.480 e. The third-order valence-corrected chi connectivity index (χ3v) is 4.33. The molecule has 2 rings (SSSR count). The average Bonchev–Trinajstić information content (AvgIpc) is 2.49. The van der Waals surface area contributed by atoms with Crippen molar-refractivity contribution >= 4 is 11.9 Å². The van der Waals surface area contributed by atoms with E-state index in [1.54, 1.807) is 19.1 Å². The minimum absolute atomic E-state index is 0.210. The number of methoxy groups -OCH3 is 1. The number of carboxylic acids is 1. The van der Waals surface area contributed by atoms with Crippen molar-refractivity contribution < 1.29 is 19.4 Å². The van der Waals surface area contributed by atoms with Gasteiger partial charge in [0, 0.05) is 5.69 Å². The van der Waals surface area contributed by atoms with Crippen LogP contribution in [0.3, 0.4) is 0 Å². The maximum Gasteiger partial charge on any atom is 0.329 e. The van der Waals surface area contributed by atoms with Crippen molar-refractivity contribution in [2.24, 2.45) is 5.92 Å². The third-order valence-electron chi connectivity index (χ3n) is 4.33. The monoisotopic (exact) mass is 306 g/mol. The molecule has 0 spiro atoms. The van der Waals surface area contributed by atoms with E-state index < -0.39 is 17.4 Å². The Morgan fingerprint density at radius 1 is 1.36 bits per heavy atom. The number of hydrogen-bond donors (Lipinski definition) is 2. The Hall–Kier alpha value is -2.11. The third kappa shape index (κ3) is 3.21. The van der Waals surface area contributed by atoms with Crippen LogP contribution in [0.25, 0.3) is 0 Å². The summed E-state index contributed by atoms with van der Waals surface area (Å²) in [5, 5.41) is 12.3. The Morgan fingerprint density at radius 2 is 2.00 bits per heavy atom. The van der Waals surface area contributed by atoms with Gasteiger partial charge in [-0.15, -0.1) is 0 Å². The van der Waals surface area contributed by atoms with Gasteiger partial charge in [0.2, 0.25) is 5.88 Å². The molecule has 22 heavy (non-hydrogen) atoms. The van der Waals surface area contributed by atoms with E-state index in [2.05, 4.69) is 17.2 Å². The number of rotatable bonds is 4. The zero-order valence-corrected chi connectivity index (χ0v) is 13.2. The van der Waals surface area contributed by atoms with Crippen molar-refractivity contribution in [1.29, 1.82) is 0 Å². The highest BCUT2D eigenvalue weighted by Gasteiger charge is 2.43. The first-order valence-electron chi connectivity index (χ1n) is 7.45. The Labute approximate surface area is 129 Å². The molecule has 6 nitrogen and oxygen atoms in total. The summed E-state index contributed by atoms with van der Waals surface area (Å²) in [5.74, 6) is -0.740. The molecule has 120 valence electrons. The van der Waals surface area contributed by atoms with E-state index in [-0.39, 0.29) is 11.4 Å². The number of aromatic nitrogens is 1. The Kier molecular flexibility index (Phi) is 4.68. The quantitative estimate of drug-likeness (QED) is 0.890. The first-order chi connectivity index (χ1) is 10.4. The zero-order valence-electron chi connectivity index (χ0n) is 13.2. The minimum atomic E-state index is -1.19. The van der Waals surface area contributed by atoms with Crippen LogP contribution in [0.5, 0.6) is 5.88 Å². The highest BCUT2D eigenvalue weighted by Crippen LogP contribution is 2.32. The van der Waals surface area contributed by atoms with Crippen LogP contribution >= 0.6 is 0 Å². The number of hydrogen-bond acceptors (Lipinski definition) is 4. The van der Waals surface area contributed by atoms with E-state index in [0.717, 1.165) is 18.5 Å². The van der Waals surface area contributed by atoms with Gasteiger partial charge in [-0.25, -0.2) is 9.78 Å². The van der Waals surface area contributed by atoms with Gasteiger partial charge in [0.05, 0.1) is 7.11 Å². The highest BCUT2D eigenvalue weighted by molar-refractivity contribution is 5.99. The molecule has 0 saturated heterocycles. The Bertz CT molecular complexity index is 578. The molecule has 2 N–H and O–H groups in total. The van der Waals surface area contributed by atoms with Crippen LogP contribution < -0.4 is 10.1 Å². The molecule has 1 amide bonds. The van der Waals surface area contributed by atoms with Crippen LogP contribution in [0.15, 0.2) is 12.1 Å². The lowest BCUT2D eigenvalue weighted by molar-refractivity contribution is -0.146. The summed E-state index contributed by atoms with van der Waals surface area (Å²) in [6, 6.07) is 3.31. The average molecular weight is 306 g/mol. The number of ether oxygens (including phenoxy) is 1. The number of carbonyl (C=O) groups excluding carboxylic acids is 1. The summed E-state index contributed by atoms with van der Waals surface area (Å²) in [6.45, 7) is 3.89. The number of carbonyl (C=O) groups is 2. The molecular weight excluding hydrogens is 284 g/mol. The number of pyridine rings is 1. The predicted octanol–water partition coefficient (Wildman–Crippen LogP) is 2.16. The summed E-state index contributed by atoms with van der Waals surface area (Å²) in [4.78, 5) is 28.4. The molecule has 0 aliphatic heterocycles. The van der Waals surface area contributed by atoms with E-state index in [0.29, 0.717) is 18.8 Å². The molecule has 1 aromatic rings. The fourth-order valence-electron chi connectivity index (χ4n) is 2.79. The van der Waals surface area contributed by atoms with Gasteiger partial charge in [0.25, 0.3) is 5.91 Å². The first-order valence-corrected chi connectivity index (χ1v) is 7.45. The normalized spacial score (nSPS) is 24.6. The number of nitrogens with one attached hydrogen (secondary N) is 1. The molecule has 1 aliphatic carbocycles. The van der Waals surface area contributed by atoms with E-state index in [1.165, 1.54) is 7.11 Å². The summed E-state index contributed by atoms with van der Waals surface area (Å²) in [6.07, 6.45) is 2.46. The molecular formula is C16H22N2O4. The van der Waals surface area contributed by atoms with Crippen molar-refractivity contribution in [2.75, 3.05) is 7.11 Å². The molecule has 0 radical (unpaired) electrons. The van der Waals surface area contributed by atoms with E-state index in [9.17, 15) is 14.7 Å². The number of aryl methyl sites for hydroxylation is 1. The largest absolute Gasteiger partial charge is 0.480 e. The summed E-state index contributed by atoms with van der Waals surface area (Å²) in [7, 11) is 1.44. The van der Waals surface area contributed by atoms with Gasteiger partial charge in [-0.2, -0.15) is 0 Å². The van der Waals surface area contributed by atoms with Crippen LogP contribution in [0.4, 0.5) is 0 Å². The molecule has 1 aromatic heterocycles. The maximum atomic E-state index is 12.5. The molecule has 1 heterocycles. The van der Waals surface area contributed by atoms with E-state index in [4.69, 9.17) is 4.74 Å². The van der Waals surface area contributed by atoms with Gasteiger partial charge in [0.15, 0.2) is 0 Å². The topological polar surface area (TPSA) is 88.5 Å². The highest BCUT2D eigenvalue weighted by atomic mass is 16.5. The smallest absolute Gasteiger partial charge is 0.329 e. The molecule has 0 unspecified atom stereocenters. The van der Waals surface area contributed by atoms with E-state index in [1.807, 2.05) is 0 Å². The van der Waals surface area contributed by atoms with Crippen LogP contribution in [0.1, 0.15) is 48.7 Å². The van der Waals surface area contributed by atoms with Crippen molar-refractivity contribution in [3.8, 4) is 5.88 Å². The molecule has 0 atom stereocenters. The molecule has 0 aromatic carbocycles. The van der Waals surface area contributed by atoms with Gasteiger partial charge < -0.3 is 15.2 Å². The Balaban J connectivity index is 2.24. The molecule has 1 aliphatic rings. The molecule has 1 fully saturated rings. The fourth-order valence-corrected chi connectivity index (χ4v) is 2.79.